The molecule has 146 valence electrons. The number of para-hydroxylation sites is 2. The first kappa shape index (κ1) is 19.6. The first-order chi connectivity index (χ1) is 14.1. The van der Waals surface area contributed by atoms with Gasteiger partial charge in [0.15, 0.2) is 0 Å². The Morgan fingerprint density at radius 2 is 1.59 bits per heavy atom. The van der Waals surface area contributed by atoms with Gasteiger partial charge in [0.1, 0.15) is 0 Å². The Bertz CT molecular complexity index is 1160. The van der Waals surface area contributed by atoms with Crippen molar-refractivity contribution in [1.82, 2.24) is 4.57 Å². The van der Waals surface area contributed by atoms with Crippen molar-refractivity contribution in [3.8, 4) is 11.6 Å². The molecule has 3 aromatic carbocycles. The zero-order valence-corrected chi connectivity index (χ0v) is 17.4. The van der Waals surface area contributed by atoms with Crippen LogP contribution >= 0.6 is 23.2 Å². The van der Waals surface area contributed by atoms with Crippen LogP contribution in [0.4, 0.5) is 0 Å². The van der Waals surface area contributed by atoms with Gasteiger partial charge in [-0.3, -0.25) is 9.56 Å². The van der Waals surface area contributed by atoms with Crippen LogP contribution in [0.1, 0.15) is 18.1 Å². The number of aromatic hydroxyl groups is 1. The van der Waals surface area contributed by atoms with Gasteiger partial charge in [-0.05, 0) is 37.1 Å². The average molecular weight is 423 g/mol. The molecule has 1 N–H and O–H groups in total. The lowest BCUT2D eigenvalue weighted by molar-refractivity contribution is 0.444. The van der Waals surface area contributed by atoms with E-state index in [1.165, 1.54) is 5.56 Å². The molecule has 4 aromatic rings. The molecule has 0 bridgehead atoms. The summed E-state index contributed by atoms with van der Waals surface area (Å²) in [5.41, 5.74) is 3.25. The third-order valence-corrected chi connectivity index (χ3v) is 5.49. The smallest absolute Gasteiger partial charge is 0.205 e. The van der Waals surface area contributed by atoms with Crippen LogP contribution in [0.5, 0.6) is 5.88 Å². The van der Waals surface area contributed by atoms with Gasteiger partial charge in [-0.25, -0.2) is 0 Å². The molecule has 5 heteroatoms. The van der Waals surface area contributed by atoms with Crippen molar-refractivity contribution in [3.63, 3.8) is 0 Å². The van der Waals surface area contributed by atoms with Crippen LogP contribution in [0.15, 0.2) is 77.8 Å². The van der Waals surface area contributed by atoms with Crippen LogP contribution in [-0.2, 0) is 6.42 Å². The standard InChI is InChI=1S/C24H20Cl2N2O/c1-16(14-17-8-3-2-4-9-17)27-15-19-18-10-5-6-13-22(18)28(24(19)29)23-20(25)11-7-12-21(23)26/h2-13,15-16,29H,14H2,1H3/t16-/m0/s1. The van der Waals surface area contributed by atoms with Gasteiger partial charge in [0, 0.05) is 11.6 Å². The van der Waals surface area contributed by atoms with Gasteiger partial charge in [0.05, 0.1) is 32.9 Å². The van der Waals surface area contributed by atoms with Crippen LogP contribution in [0.3, 0.4) is 0 Å². The molecule has 0 saturated heterocycles. The second-order valence-electron chi connectivity index (χ2n) is 6.98. The summed E-state index contributed by atoms with van der Waals surface area (Å²) in [5.74, 6) is 0.0665. The quantitative estimate of drug-likeness (QED) is 0.357. The zero-order valence-electron chi connectivity index (χ0n) is 15.9. The minimum Gasteiger partial charge on any atom is -0.494 e. The maximum Gasteiger partial charge on any atom is 0.205 e. The van der Waals surface area contributed by atoms with Crippen LogP contribution in [0.25, 0.3) is 16.6 Å². The molecule has 0 aliphatic heterocycles. The van der Waals surface area contributed by atoms with Crippen molar-refractivity contribution in [2.45, 2.75) is 19.4 Å². The van der Waals surface area contributed by atoms with Gasteiger partial charge in [0.25, 0.3) is 0 Å². The fraction of sp³-hybridized carbons (Fsp3) is 0.125. The summed E-state index contributed by atoms with van der Waals surface area (Å²) in [6.07, 6.45) is 2.57. The van der Waals surface area contributed by atoms with E-state index >= 15 is 0 Å². The molecule has 0 radical (unpaired) electrons. The normalized spacial score (nSPS) is 12.7. The number of benzene rings is 3. The van der Waals surface area contributed by atoms with E-state index < -0.39 is 0 Å². The number of aromatic nitrogens is 1. The summed E-state index contributed by atoms with van der Waals surface area (Å²) in [5, 5.41) is 12.9. The number of nitrogens with zero attached hydrogens (tertiary/aromatic N) is 2. The van der Waals surface area contributed by atoms with Gasteiger partial charge >= 0.3 is 0 Å². The lowest BCUT2D eigenvalue weighted by atomic mass is 10.1. The Morgan fingerprint density at radius 3 is 2.31 bits per heavy atom. The number of hydrogen-bond acceptors (Lipinski definition) is 2. The minimum atomic E-state index is 0.0665. The third kappa shape index (κ3) is 3.89. The highest BCUT2D eigenvalue weighted by molar-refractivity contribution is 6.38. The maximum atomic E-state index is 11.1. The largest absolute Gasteiger partial charge is 0.494 e. The fourth-order valence-corrected chi connectivity index (χ4v) is 4.08. The second kappa shape index (κ2) is 8.32. The van der Waals surface area contributed by atoms with Crippen molar-refractivity contribution in [2.24, 2.45) is 4.99 Å². The average Bonchev–Trinajstić information content (AvgIpc) is 2.99. The summed E-state index contributed by atoms with van der Waals surface area (Å²) in [6.45, 7) is 2.06. The molecule has 3 nitrogen and oxygen atoms in total. The summed E-state index contributed by atoms with van der Waals surface area (Å²) < 4.78 is 1.68. The molecule has 0 unspecified atom stereocenters. The Balaban J connectivity index is 1.77. The number of halogens is 2. The highest BCUT2D eigenvalue weighted by atomic mass is 35.5. The molecule has 4 rings (SSSR count). The highest BCUT2D eigenvalue weighted by Gasteiger charge is 2.20. The molecular formula is C24H20Cl2N2O. The summed E-state index contributed by atoms with van der Waals surface area (Å²) in [6, 6.07) is 23.4. The van der Waals surface area contributed by atoms with E-state index in [1.807, 2.05) is 42.5 Å². The predicted molar refractivity (Wildman–Crippen MR) is 122 cm³/mol. The molecule has 1 aromatic heterocycles. The van der Waals surface area contributed by atoms with E-state index in [0.717, 1.165) is 17.3 Å². The number of rotatable bonds is 5. The minimum absolute atomic E-state index is 0.0665. The van der Waals surface area contributed by atoms with Gasteiger partial charge < -0.3 is 5.11 Å². The molecule has 0 amide bonds. The van der Waals surface area contributed by atoms with E-state index in [0.29, 0.717) is 21.3 Å². The monoisotopic (exact) mass is 422 g/mol. The number of hydrogen-bond donors (Lipinski definition) is 1. The molecular weight excluding hydrogens is 403 g/mol. The Labute approximate surface area is 179 Å². The lowest BCUT2D eigenvalue weighted by Gasteiger charge is -2.11. The molecule has 0 spiro atoms. The molecule has 29 heavy (non-hydrogen) atoms. The Morgan fingerprint density at radius 1 is 0.931 bits per heavy atom. The highest BCUT2D eigenvalue weighted by Crippen LogP contribution is 2.38. The summed E-state index contributed by atoms with van der Waals surface area (Å²) in [4.78, 5) is 4.69. The van der Waals surface area contributed by atoms with Crippen molar-refractivity contribution in [1.29, 1.82) is 0 Å². The summed E-state index contributed by atoms with van der Waals surface area (Å²) >= 11 is 12.8. The lowest BCUT2D eigenvalue weighted by Crippen LogP contribution is -2.03. The Hall–Kier alpha value is -2.75. The molecule has 1 heterocycles. The van der Waals surface area contributed by atoms with Crippen molar-refractivity contribution in [3.05, 3.63) is 94.0 Å². The molecule has 0 saturated carbocycles. The first-order valence-electron chi connectivity index (χ1n) is 9.40. The number of fused-ring (bicyclic) bond motifs is 1. The van der Waals surface area contributed by atoms with Crippen molar-refractivity contribution in [2.75, 3.05) is 0 Å². The molecule has 0 aliphatic carbocycles. The molecule has 1 atom stereocenters. The second-order valence-corrected chi connectivity index (χ2v) is 7.79. The molecule has 0 aliphatic rings. The van der Waals surface area contributed by atoms with Crippen molar-refractivity contribution < 1.29 is 5.11 Å². The van der Waals surface area contributed by atoms with E-state index in [9.17, 15) is 5.11 Å². The zero-order chi connectivity index (χ0) is 20.4. The van der Waals surface area contributed by atoms with Gasteiger partial charge in [-0.2, -0.15) is 0 Å². The van der Waals surface area contributed by atoms with E-state index in [4.69, 9.17) is 23.2 Å². The maximum absolute atomic E-state index is 11.1. The SMILES string of the molecule is C[C@@H](Cc1ccccc1)N=Cc1c(O)n(-c2c(Cl)cccc2Cl)c2ccccc12. The van der Waals surface area contributed by atoms with Crippen LogP contribution in [-0.4, -0.2) is 21.9 Å². The fourth-order valence-electron chi connectivity index (χ4n) is 3.52. The van der Waals surface area contributed by atoms with Crippen LogP contribution < -0.4 is 0 Å². The van der Waals surface area contributed by atoms with Crippen molar-refractivity contribution >= 4 is 40.3 Å². The van der Waals surface area contributed by atoms with E-state index in [2.05, 4.69) is 24.0 Å². The topological polar surface area (TPSA) is 37.5 Å². The van der Waals surface area contributed by atoms with Crippen LogP contribution in [0.2, 0.25) is 10.0 Å². The van der Waals surface area contributed by atoms with E-state index in [-0.39, 0.29) is 11.9 Å². The predicted octanol–water partition coefficient (Wildman–Crippen LogP) is 6.69. The third-order valence-electron chi connectivity index (χ3n) is 4.88. The first-order valence-corrected chi connectivity index (χ1v) is 10.2. The number of aliphatic imine (C=N–C) groups is 1. The van der Waals surface area contributed by atoms with E-state index in [1.54, 1.807) is 29.0 Å². The Kier molecular flexibility index (Phi) is 5.61. The van der Waals surface area contributed by atoms with Crippen LogP contribution in [0, 0.1) is 0 Å². The van der Waals surface area contributed by atoms with Gasteiger partial charge in [-0.1, -0.05) is 77.8 Å². The summed E-state index contributed by atoms with van der Waals surface area (Å²) in [7, 11) is 0. The molecule has 0 fully saturated rings. The van der Waals surface area contributed by atoms with Gasteiger partial charge in [0.2, 0.25) is 5.88 Å². The van der Waals surface area contributed by atoms with Gasteiger partial charge in [-0.15, -0.1) is 0 Å².